The van der Waals surface area contributed by atoms with Crippen molar-refractivity contribution in [3.8, 4) is 0 Å². The van der Waals surface area contributed by atoms with Crippen LogP contribution in [0.5, 0.6) is 0 Å². The van der Waals surface area contributed by atoms with Gasteiger partial charge in [0.2, 0.25) is 5.91 Å². The smallest absolute Gasteiger partial charge is 0.257 e. The molecule has 3 aliphatic heterocycles. The van der Waals surface area contributed by atoms with Crippen molar-refractivity contribution in [2.75, 3.05) is 36.9 Å². The third kappa shape index (κ3) is 4.67. The number of allylic oxidation sites excluding steroid dienone is 1. The van der Waals surface area contributed by atoms with Crippen LogP contribution in [0.3, 0.4) is 0 Å². The lowest BCUT2D eigenvalue weighted by Gasteiger charge is -2.26. The largest absolute Gasteiger partial charge is 0.351 e. The lowest BCUT2D eigenvalue weighted by molar-refractivity contribution is -0.117. The summed E-state index contributed by atoms with van der Waals surface area (Å²) in [4.78, 5) is 42.1. The first-order valence-electron chi connectivity index (χ1n) is 12.0. The molecule has 184 valence electrons. The molecule has 1 aromatic heterocycles. The summed E-state index contributed by atoms with van der Waals surface area (Å²) in [6, 6.07) is 7.85. The first-order valence-corrected chi connectivity index (χ1v) is 12.9. The third-order valence-electron chi connectivity index (χ3n) is 6.49. The van der Waals surface area contributed by atoms with E-state index in [4.69, 9.17) is 0 Å². The van der Waals surface area contributed by atoms with Crippen molar-refractivity contribution in [3.63, 3.8) is 0 Å². The van der Waals surface area contributed by atoms with Gasteiger partial charge in [0.15, 0.2) is 5.82 Å². The van der Waals surface area contributed by atoms with Crippen LogP contribution >= 0.6 is 11.8 Å². The Morgan fingerprint density at radius 2 is 2.03 bits per heavy atom. The first-order chi connectivity index (χ1) is 16.8. The minimum atomic E-state index is -0.348. The Kier molecular flexibility index (Phi) is 6.31. The predicted molar refractivity (Wildman–Crippen MR) is 137 cm³/mol. The first kappa shape index (κ1) is 23.5. The summed E-state index contributed by atoms with van der Waals surface area (Å²) in [5, 5.41) is 10.0. The molecule has 2 N–H and O–H groups in total. The molecule has 1 aromatic carbocycles. The molecule has 5 rings (SSSR count). The molecular formula is C25H30N6O3S. The molecule has 0 radical (unpaired) electrons. The van der Waals surface area contributed by atoms with Crippen molar-refractivity contribution in [1.82, 2.24) is 20.0 Å². The molecule has 0 fully saturated rings. The van der Waals surface area contributed by atoms with Crippen molar-refractivity contribution in [2.24, 2.45) is 5.92 Å². The Morgan fingerprint density at radius 3 is 2.83 bits per heavy atom. The Balaban J connectivity index is 1.23. The van der Waals surface area contributed by atoms with Gasteiger partial charge in [0.25, 0.3) is 11.8 Å². The summed E-state index contributed by atoms with van der Waals surface area (Å²) in [5.74, 6) is 1.58. The maximum Gasteiger partial charge on any atom is 0.257 e. The van der Waals surface area contributed by atoms with E-state index < -0.39 is 0 Å². The van der Waals surface area contributed by atoms with Crippen LogP contribution in [0.4, 0.5) is 17.3 Å². The van der Waals surface area contributed by atoms with E-state index in [1.165, 1.54) is 11.8 Å². The van der Waals surface area contributed by atoms with Gasteiger partial charge in [-0.25, -0.2) is 4.68 Å². The number of aromatic nitrogens is 2. The predicted octanol–water partition coefficient (Wildman–Crippen LogP) is 2.76. The molecule has 2 aromatic rings. The highest BCUT2D eigenvalue weighted by molar-refractivity contribution is 8.05. The second-order valence-electron chi connectivity index (χ2n) is 9.58. The van der Waals surface area contributed by atoms with Crippen LogP contribution in [0.25, 0.3) is 0 Å². The Hall–Kier alpha value is -3.27. The molecule has 4 heterocycles. The third-order valence-corrected chi connectivity index (χ3v) is 7.79. The Morgan fingerprint density at radius 1 is 1.20 bits per heavy atom. The minimum absolute atomic E-state index is 0.0640. The number of amides is 3. The number of carbonyl (C=O) groups excluding carboxylic acids is 3. The zero-order valence-corrected chi connectivity index (χ0v) is 21.0. The van der Waals surface area contributed by atoms with Crippen LogP contribution < -0.4 is 15.5 Å². The fourth-order valence-corrected chi connectivity index (χ4v) is 5.58. The molecule has 9 nitrogen and oxygen atoms in total. The fourth-order valence-electron chi connectivity index (χ4n) is 4.54. The molecule has 35 heavy (non-hydrogen) atoms. The minimum Gasteiger partial charge on any atom is -0.351 e. The zero-order chi connectivity index (χ0) is 24.7. The summed E-state index contributed by atoms with van der Waals surface area (Å²) < 4.78 is 1.89. The van der Waals surface area contributed by atoms with Crippen LogP contribution in [0.2, 0.25) is 0 Å². The molecule has 0 spiro atoms. The second-order valence-corrected chi connectivity index (χ2v) is 10.8. The van der Waals surface area contributed by atoms with E-state index in [1.54, 1.807) is 4.90 Å². The number of thioether (sulfide) groups is 1. The quantitative estimate of drug-likeness (QED) is 0.641. The summed E-state index contributed by atoms with van der Waals surface area (Å²) in [6.45, 7) is 6.91. The maximum atomic E-state index is 12.8. The van der Waals surface area contributed by atoms with Gasteiger partial charge in [-0.15, -0.1) is 11.8 Å². The number of fused-ring (bicyclic) bond motifs is 2. The highest BCUT2D eigenvalue weighted by Gasteiger charge is 2.30. The van der Waals surface area contributed by atoms with E-state index in [-0.39, 0.29) is 23.0 Å². The fraction of sp³-hybridized carbons (Fsp3) is 0.440. The standard InChI is InChI=1S/C25H30N6O3S/c1-15(2)14-26-23(32)19-6-7-20(35-19)24(33)27-21-13-22-30(10-11-31(22)28-21)17-4-5-18-16(12-17)8-9-29(3)25(18)34/h4-6,12-13,15,20H,7-11,14H2,1-3H3,(H,26,32)(H,27,28,33). The van der Waals surface area contributed by atoms with Gasteiger partial charge in [-0.2, -0.15) is 5.10 Å². The molecule has 3 amide bonds. The van der Waals surface area contributed by atoms with Crippen LogP contribution in [0, 0.1) is 5.92 Å². The van der Waals surface area contributed by atoms with E-state index in [9.17, 15) is 14.4 Å². The number of nitrogens with one attached hydrogen (secondary N) is 2. The van der Waals surface area contributed by atoms with Crippen molar-refractivity contribution >= 4 is 46.8 Å². The van der Waals surface area contributed by atoms with Gasteiger partial charge in [-0.3, -0.25) is 14.4 Å². The molecule has 0 saturated carbocycles. The van der Waals surface area contributed by atoms with Crippen LogP contribution in [0.1, 0.15) is 36.2 Å². The molecular weight excluding hydrogens is 464 g/mol. The van der Waals surface area contributed by atoms with Crippen LogP contribution in [-0.4, -0.2) is 64.3 Å². The van der Waals surface area contributed by atoms with E-state index in [2.05, 4.69) is 26.7 Å². The lowest BCUT2D eigenvalue weighted by Crippen LogP contribution is -2.34. The van der Waals surface area contributed by atoms with Gasteiger partial charge in [-0.1, -0.05) is 19.9 Å². The number of likely N-dealkylation sites (N-methyl/N-ethyl adjacent to an activating group) is 1. The number of nitrogens with zero attached hydrogens (tertiary/aromatic N) is 4. The summed E-state index contributed by atoms with van der Waals surface area (Å²) >= 11 is 1.30. The van der Waals surface area contributed by atoms with Crippen LogP contribution in [-0.2, 0) is 22.6 Å². The number of carbonyl (C=O) groups is 3. The normalized spacial score (nSPS) is 19.0. The monoisotopic (exact) mass is 494 g/mol. The van der Waals surface area contributed by atoms with Gasteiger partial charge in [0, 0.05) is 44.0 Å². The van der Waals surface area contributed by atoms with E-state index >= 15 is 0 Å². The maximum absolute atomic E-state index is 12.8. The molecule has 0 saturated heterocycles. The van der Waals surface area contributed by atoms with Gasteiger partial charge in [-0.05, 0) is 42.5 Å². The molecule has 1 unspecified atom stereocenters. The van der Waals surface area contributed by atoms with Crippen molar-refractivity contribution in [1.29, 1.82) is 0 Å². The number of hydrogen-bond donors (Lipinski definition) is 2. The topological polar surface area (TPSA) is 99.6 Å². The zero-order valence-electron chi connectivity index (χ0n) is 20.2. The molecule has 0 aliphatic carbocycles. The summed E-state index contributed by atoms with van der Waals surface area (Å²) in [5.41, 5.74) is 2.85. The van der Waals surface area contributed by atoms with Gasteiger partial charge >= 0.3 is 0 Å². The second kappa shape index (κ2) is 9.41. The lowest BCUT2D eigenvalue weighted by atomic mass is 9.98. The van der Waals surface area contributed by atoms with Crippen molar-refractivity contribution in [3.05, 3.63) is 46.4 Å². The van der Waals surface area contributed by atoms with Gasteiger partial charge in [0.1, 0.15) is 5.82 Å². The van der Waals surface area contributed by atoms with Gasteiger partial charge in [0.05, 0.1) is 16.7 Å². The number of benzene rings is 1. The summed E-state index contributed by atoms with van der Waals surface area (Å²) in [7, 11) is 1.83. The number of hydrogen-bond acceptors (Lipinski definition) is 6. The van der Waals surface area contributed by atoms with Crippen molar-refractivity contribution < 1.29 is 14.4 Å². The Bertz CT molecular complexity index is 1220. The average Bonchev–Trinajstić information content (AvgIpc) is 3.56. The molecule has 10 heteroatoms. The van der Waals surface area contributed by atoms with E-state index in [0.29, 0.717) is 36.2 Å². The number of anilines is 3. The highest BCUT2D eigenvalue weighted by atomic mass is 32.2. The molecule has 1 atom stereocenters. The SMILES string of the molecule is CC(C)CNC(=O)C1=CCC(C(=O)Nc2cc3n(n2)CCN3c2ccc3c(c2)CCN(C)C3=O)S1. The summed E-state index contributed by atoms with van der Waals surface area (Å²) in [6.07, 6.45) is 3.19. The Labute approximate surface area is 208 Å². The van der Waals surface area contributed by atoms with E-state index in [1.807, 2.05) is 49.9 Å². The van der Waals surface area contributed by atoms with Crippen molar-refractivity contribution in [2.45, 2.75) is 38.5 Å². The van der Waals surface area contributed by atoms with E-state index in [0.717, 1.165) is 42.1 Å². The molecule has 3 aliphatic rings. The molecule has 0 bridgehead atoms. The number of rotatable bonds is 6. The highest BCUT2D eigenvalue weighted by Crippen LogP contribution is 2.36. The van der Waals surface area contributed by atoms with Gasteiger partial charge < -0.3 is 20.4 Å². The average molecular weight is 495 g/mol. The van der Waals surface area contributed by atoms with Crippen LogP contribution in [0.15, 0.2) is 35.2 Å².